The van der Waals surface area contributed by atoms with Crippen molar-refractivity contribution in [1.82, 2.24) is 9.66 Å². The lowest BCUT2D eigenvalue weighted by Gasteiger charge is -2.10. The normalized spacial score (nSPS) is 13.6. The van der Waals surface area contributed by atoms with Crippen LogP contribution in [-0.4, -0.2) is 16.7 Å². The van der Waals surface area contributed by atoms with Crippen LogP contribution in [0.2, 0.25) is 0 Å². The highest BCUT2D eigenvalue weighted by Gasteiger charge is 2.07. The Hall–Kier alpha value is -1.84. The van der Waals surface area contributed by atoms with E-state index < -0.39 is 6.40 Å². The number of aromatic nitrogens is 2. The van der Waals surface area contributed by atoms with Crippen LogP contribution in [0.5, 0.6) is 0 Å². The first kappa shape index (κ1) is 8.47. The Morgan fingerprint density at radius 1 is 1.53 bits per heavy atom. The van der Waals surface area contributed by atoms with Crippen molar-refractivity contribution in [3.63, 3.8) is 0 Å². The predicted octanol–water partition coefficient (Wildman–Crippen LogP) is 1.13. The smallest absolute Gasteiger partial charge is 0.279 e. The maximum Gasteiger partial charge on any atom is 0.279 e. The number of aryl methyl sites for hydroxylation is 1. The standard InChI is InChI=1S/C11H13N3O/c1-3-10-13-9-7-5-4-6-8(9)11(15)14(10)12-2/h4-7,12H,3H2,1-2H3/i3D. The van der Waals surface area contributed by atoms with Crippen molar-refractivity contribution >= 4 is 10.9 Å². The Balaban J connectivity index is 2.87. The molecule has 15 heavy (non-hydrogen) atoms. The van der Waals surface area contributed by atoms with Crippen molar-refractivity contribution in [1.29, 1.82) is 0 Å². The van der Waals surface area contributed by atoms with Crippen LogP contribution >= 0.6 is 0 Å². The molecular weight excluding hydrogens is 190 g/mol. The van der Waals surface area contributed by atoms with E-state index in [0.29, 0.717) is 16.7 Å². The van der Waals surface area contributed by atoms with E-state index >= 15 is 0 Å². The second kappa shape index (κ2) is 3.73. The lowest BCUT2D eigenvalue weighted by molar-refractivity contribution is 0.764. The summed E-state index contributed by atoms with van der Waals surface area (Å²) in [6, 6.07) is 7.14. The largest absolute Gasteiger partial charge is 0.325 e. The average molecular weight is 204 g/mol. The van der Waals surface area contributed by atoms with Gasteiger partial charge in [-0.1, -0.05) is 19.1 Å². The zero-order chi connectivity index (χ0) is 11.7. The van der Waals surface area contributed by atoms with E-state index in [-0.39, 0.29) is 5.56 Å². The molecule has 0 amide bonds. The molecule has 1 unspecified atom stereocenters. The first-order valence-corrected chi connectivity index (χ1v) is 4.77. The average Bonchev–Trinajstić information content (AvgIpc) is 2.29. The molecule has 0 saturated carbocycles. The summed E-state index contributed by atoms with van der Waals surface area (Å²) in [5.41, 5.74) is 3.23. The lowest BCUT2D eigenvalue weighted by atomic mass is 10.2. The summed E-state index contributed by atoms with van der Waals surface area (Å²) in [5, 5.41) is 0.557. The molecule has 4 nitrogen and oxygen atoms in total. The molecule has 1 N–H and O–H groups in total. The van der Waals surface area contributed by atoms with Crippen LogP contribution in [0.4, 0.5) is 0 Å². The third-order valence-corrected chi connectivity index (χ3v) is 2.28. The van der Waals surface area contributed by atoms with Gasteiger partial charge in [0, 0.05) is 14.8 Å². The minimum Gasteiger partial charge on any atom is -0.325 e. The number of benzene rings is 1. The van der Waals surface area contributed by atoms with Crippen molar-refractivity contribution in [2.45, 2.75) is 13.3 Å². The van der Waals surface area contributed by atoms with Gasteiger partial charge < -0.3 is 5.43 Å². The fraction of sp³-hybridized carbons (Fsp3) is 0.273. The molecule has 0 aliphatic heterocycles. The number of para-hydroxylation sites is 1. The minimum absolute atomic E-state index is 0.165. The highest BCUT2D eigenvalue weighted by Crippen LogP contribution is 2.06. The van der Waals surface area contributed by atoms with Gasteiger partial charge in [0.15, 0.2) is 0 Å². The number of nitrogens with one attached hydrogen (secondary N) is 1. The van der Waals surface area contributed by atoms with E-state index in [4.69, 9.17) is 1.37 Å². The molecule has 1 aromatic carbocycles. The van der Waals surface area contributed by atoms with Crippen molar-refractivity contribution in [2.24, 2.45) is 0 Å². The summed E-state index contributed by atoms with van der Waals surface area (Å²) in [4.78, 5) is 16.4. The minimum atomic E-state index is -0.551. The summed E-state index contributed by atoms with van der Waals surface area (Å²) in [5.74, 6) is 0.422. The fourth-order valence-corrected chi connectivity index (χ4v) is 1.56. The van der Waals surface area contributed by atoms with E-state index in [1.165, 1.54) is 4.68 Å². The molecule has 0 aliphatic rings. The number of nitrogens with zero attached hydrogens (tertiary/aromatic N) is 2. The van der Waals surface area contributed by atoms with E-state index in [2.05, 4.69) is 10.4 Å². The van der Waals surface area contributed by atoms with Crippen molar-refractivity contribution in [3.05, 3.63) is 40.4 Å². The van der Waals surface area contributed by atoms with Gasteiger partial charge in [0.1, 0.15) is 5.82 Å². The summed E-state index contributed by atoms with van der Waals surface area (Å²) >= 11 is 0. The van der Waals surface area contributed by atoms with E-state index in [1.54, 1.807) is 32.2 Å². The van der Waals surface area contributed by atoms with Gasteiger partial charge in [-0.2, -0.15) is 0 Å². The molecule has 0 bridgehead atoms. The van der Waals surface area contributed by atoms with Gasteiger partial charge in [0.2, 0.25) is 0 Å². The fourth-order valence-electron chi connectivity index (χ4n) is 1.56. The van der Waals surface area contributed by atoms with Crippen LogP contribution in [0.15, 0.2) is 29.1 Å². The van der Waals surface area contributed by atoms with Crippen LogP contribution in [0, 0.1) is 0 Å². The van der Waals surface area contributed by atoms with Gasteiger partial charge in [-0.25, -0.2) is 9.66 Å². The molecule has 0 radical (unpaired) electrons. The van der Waals surface area contributed by atoms with Crippen LogP contribution in [0.25, 0.3) is 10.9 Å². The van der Waals surface area contributed by atoms with Gasteiger partial charge in [-0.05, 0) is 12.1 Å². The van der Waals surface area contributed by atoms with Crippen molar-refractivity contribution in [3.8, 4) is 0 Å². The monoisotopic (exact) mass is 204 g/mol. The summed E-state index contributed by atoms with van der Waals surface area (Å²) in [6.45, 7) is 1.68. The van der Waals surface area contributed by atoms with Gasteiger partial charge in [-0.15, -0.1) is 0 Å². The van der Waals surface area contributed by atoms with Crippen molar-refractivity contribution in [2.75, 3.05) is 12.5 Å². The molecule has 0 fully saturated rings. The molecule has 4 heteroatoms. The topological polar surface area (TPSA) is 46.9 Å². The summed E-state index contributed by atoms with van der Waals surface area (Å²) in [7, 11) is 1.64. The molecule has 1 heterocycles. The Morgan fingerprint density at radius 3 is 2.93 bits per heavy atom. The number of fused-ring (bicyclic) bond motifs is 1. The highest BCUT2D eigenvalue weighted by molar-refractivity contribution is 5.77. The SMILES string of the molecule is [2H]C(C)c1nc2ccccc2c(=O)n1NC. The first-order chi connectivity index (χ1) is 7.65. The molecule has 0 aliphatic carbocycles. The Bertz CT molecular complexity index is 577. The second-order valence-electron chi connectivity index (χ2n) is 3.14. The van der Waals surface area contributed by atoms with Crippen LogP contribution in [-0.2, 0) is 6.40 Å². The van der Waals surface area contributed by atoms with Crippen LogP contribution < -0.4 is 11.0 Å². The second-order valence-corrected chi connectivity index (χ2v) is 3.14. The van der Waals surface area contributed by atoms with E-state index in [1.807, 2.05) is 6.07 Å². The molecule has 2 rings (SSSR count). The molecule has 78 valence electrons. The van der Waals surface area contributed by atoms with Crippen molar-refractivity contribution < 1.29 is 1.37 Å². The first-order valence-electron chi connectivity index (χ1n) is 5.34. The molecule has 0 saturated heterocycles. The van der Waals surface area contributed by atoms with Gasteiger partial charge in [-0.3, -0.25) is 4.79 Å². The number of hydrogen-bond donors (Lipinski definition) is 1. The molecule has 2 aromatic rings. The van der Waals surface area contributed by atoms with Gasteiger partial charge >= 0.3 is 0 Å². The highest BCUT2D eigenvalue weighted by atomic mass is 16.1. The molecule has 1 aromatic heterocycles. The third-order valence-electron chi connectivity index (χ3n) is 2.28. The molecule has 1 atom stereocenters. The van der Waals surface area contributed by atoms with Gasteiger partial charge in [0.25, 0.3) is 5.56 Å². The summed E-state index contributed by atoms with van der Waals surface area (Å²) in [6.07, 6.45) is -0.551. The Labute approximate surface area is 88.9 Å². The van der Waals surface area contributed by atoms with Crippen LogP contribution in [0.1, 0.15) is 14.1 Å². The summed E-state index contributed by atoms with van der Waals surface area (Å²) < 4.78 is 8.99. The zero-order valence-corrected chi connectivity index (χ0v) is 8.69. The molecule has 0 spiro atoms. The Morgan fingerprint density at radius 2 is 2.27 bits per heavy atom. The predicted molar refractivity (Wildman–Crippen MR) is 60.7 cm³/mol. The van der Waals surface area contributed by atoms with E-state index in [9.17, 15) is 4.79 Å². The maximum absolute atomic E-state index is 12.1. The molecular formula is C11H13N3O. The zero-order valence-electron chi connectivity index (χ0n) is 9.69. The van der Waals surface area contributed by atoms with Crippen LogP contribution in [0.3, 0.4) is 0 Å². The van der Waals surface area contributed by atoms with E-state index in [0.717, 1.165) is 0 Å². The Kier molecular flexibility index (Phi) is 2.10. The third kappa shape index (κ3) is 1.48. The number of rotatable bonds is 2. The van der Waals surface area contributed by atoms with Gasteiger partial charge in [0.05, 0.1) is 10.9 Å². The number of hydrogen-bond acceptors (Lipinski definition) is 3. The maximum atomic E-state index is 12.1. The quantitative estimate of drug-likeness (QED) is 0.797. The lowest BCUT2D eigenvalue weighted by Crippen LogP contribution is -2.30.